The van der Waals surface area contributed by atoms with E-state index in [1.54, 1.807) is 0 Å². The number of amides is 1. The number of nitrogens with one attached hydrogen (secondary N) is 1. The second kappa shape index (κ2) is 6.45. The van der Waals surface area contributed by atoms with Crippen LogP contribution in [0.15, 0.2) is 16.6 Å². The van der Waals surface area contributed by atoms with Crippen molar-refractivity contribution in [2.45, 2.75) is 19.8 Å². The van der Waals surface area contributed by atoms with Gasteiger partial charge in [-0.25, -0.2) is 4.39 Å². The summed E-state index contributed by atoms with van der Waals surface area (Å²) in [7, 11) is 0. The minimum atomic E-state index is -0.576. The molecule has 4 nitrogen and oxygen atoms in total. The lowest BCUT2D eigenvalue weighted by Gasteiger charge is -2.16. The van der Waals surface area contributed by atoms with Gasteiger partial charge in [-0.3, -0.25) is 9.59 Å². The lowest BCUT2D eigenvalue weighted by molar-refractivity contribution is -0.114. The number of nitrogens with zero attached hydrogens (tertiary/aromatic N) is 1. The summed E-state index contributed by atoms with van der Waals surface area (Å²) in [4.78, 5) is 25.1. The third-order valence-corrected chi connectivity index (χ3v) is 3.78. The molecule has 6 heteroatoms. The molecule has 0 unspecified atom stereocenters. The van der Waals surface area contributed by atoms with Gasteiger partial charge in [-0.05, 0) is 54.0 Å². The summed E-state index contributed by atoms with van der Waals surface area (Å²) in [5, 5.41) is 3.23. The third kappa shape index (κ3) is 2.91. The summed E-state index contributed by atoms with van der Waals surface area (Å²) in [6.07, 6.45) is 1.76. The van der Waals surface area contributed by atoms with Gasteiger partial charge in [-0.15, -0.1) is 0 Å². The molecule has 1 amide bonds. The zero-order valence-electron chi connectivity index (χ0n) is 11.2. The first-order valence-corrected chi connectivity index (χ1v) is 7.41. The first kappa shape index (κ1) is 15.1. The molecule has 1 aromatic carbocycles. The first-order valence-electron chi connectivity index (χ1n) is 6.62. The Morgan fingerprint density at radius 3 is 2.75 bits per heavy atom. The van der Waals surface area contributed by atoms with Crippen LogP contribution in [0.4, 0.5) is 10.1 Å². The Kier molecular flexibility index (Phi) is 4.88. The molecule has 0 saturated heterocycles. The number of carbonyl (C=O) groups excluding carboxylic acids is 2. The molecule has 0 spiro atoms. The molecular weight excluding hydrogens is 327 g/mol. The third-order valence-electron chi connectivity index (χ3n) is 3.18. The Bertz CT molecular complexity index is 548. The van der Waals surface area contributed by atoms with Gasteiger partial charge < -0.3 is 10.2 Å². The minimum absolute atomic E-state index is 0.198. The molecular formula is C14H16BrFN2O2. The summed E-state index contributed by atoms with van der Waals surface area (Å²) >= 11 is 3.03. The summed E-state index contributed by atoms with van der Waals surface area (Å²) in [6, 6.07) is 2.61. The Balaban J connectivity index is 2.10. The largest absolute Gasteiger partial charge is 0.317 e. The number of Topliss-reactive ketones (excluding diaryl/α,β-unsaturated/α-hetero) is 1. The van der Waals surface area contributed by atoms with E-state index in [4.69, 9.17) is 0 Å². The van der Waals surface area contributed by atoms with Crippen molar-refractivity contribution in [2.24, 2.45) is 0 Å². The first-order chi connectivity index (χ1) is 9.56. The summed E-state index contributed by atoms with van der Waals surface area (Å²) in [6.45, 7) is 4.17. The van der Waals surface area contributed by atoms with Crippen LogP contribution in [0.5, 0.6) is 0 Å². The lowest BCUT2D eigenvalue weighted by Crippen LogP contribution is -2.32. The van der Waals surface area contributed by atoms with Crippen molar-refractivity contribution in [2.75, 3.05) is 24.5 Å². The molecule has 0 aliphatic carbocycles. The van der Waals surface area contributed by atoms with Crippen LogP contribution in [0, 0.1) is 5.82 Å². The van der Waals surface area contributed by atoms with E-state index < -0.39 is 17.5 Å². The average molecular weight is 343 g/mol. The molecule has 1 aliphatic rings. The van der Waals surface area contributed by atoms with E-state index in [1.165, 1.54) is 17.0 Å². The second-order valence-corrected chi connectivity index (χ2v) is 5.53. The van der Waals surface area contributed by atoms with Crippen molar-refractivity contribution >= 4 is 33.3 Å². The smallest absolute Gasteiger partial charge is 0.299 e. The molecule has 0 aromatic heterocycles. The molecule has 0 saturated carbocycles. The normalized spacial score (nSPS) is 14.1. The number of halogens is 2. The van der Waals surface area contributed by atoms with Crippen molar-refractivity contribution in [3.8, 4) is 0 Å². The zero-order chi connectivity index (χ0) is 14.7. The van der Waals surface area contributed by atoms with E-state index in [2.05, 4.69) is 28.2 Å². The van der Waals surface area contributed by atoms with Crippen molar-refractivity contribution in [3.05, 3.63) is 28.0 Å². The standard InChI is InChI=1S/C14H16BrFN2O2/c1-2-4-17-5-3-6-18-12-8-11(16)10(15)7-9(12)13(19)14(18)20/h7-8,17H,2-6H2,1H3. The van der Waals surface area contributed by atoms with Gasteiger partial charge >= 0.3 is 0 Å². The summed E-state index contributed by atoms with van der Waals surface area (Å²) in [5.74, 6) is -1.62. The predicted molar refractivity (Wildman–Crippen MR) is 78.6 cm³/mol. The number of carbonyl (C=O) groups is 2. The molecule has 0 atom stereocenters. The van der Waals surface area contributed by atoms with Crippen LogP contribution < -0.4 is 10.2 Å². The number of fused-ring (bicyclic) bond motifs is 1. The lowest BCUT2D eigenvalue weighted by atomic mass is 10.1. The Morgan fingerprint density at radius 2 is 2.05 bits per heavy atom. The van der Waals surface area contributed by atoms with Crippen molar-refractivity contribution in [3.63, 3.8) is 0 Å². The van der Waals surface area contributed by atoms with Crippen molar-refractivity contribution in [1.82, 2.24) is 5.32 Å². The fourth-order valence-electron chi connectivity index (χ4n) is 2.17. The van der Waals surface area contributed by atoms with Gasteiger partial charge in [-0.1, -0.05) is 6.92 Å². The van der Waals surface area contributed by atoms with Gasteiger partial charge in [-0.2, -0.15) is 0 Å². The topological polar surface area (TPSA) is 49.4 Å². The highest BCUT2D eigenvalue weighted by Gasteiger charge is 2.36. The SMILES string of the molecule is CCCNCCCN1C(=O)C(=O)c2cc(Br)c(F)cc21. The van der Waals surface area contributed by atoms with E-state index >= 15 is 0 Å². The maximum atomic E-state index is 13.6. The molecule has 0 bridgehead atoms. The Hall–Kier alpha value is -1.27. The van der Waals surface area contributed by atoms with E-state index in [1.807, 2.05) is 0 Å². The highest BCUT2D eigenvalue weighted by molar-refractivity contribution is 9.10. The van der Waals surface area contributed by atoms with E-state index in [0.29, 0.717) is 12.2 Å². The average Bonchev–Trinajstić information content (AvgIpc) is 2.64. The molecule has 0 radical (unpaired) electrons. The fourth-order valence-corrected chi connectivity index (χ4v) is 2.52. The number of hydrogen-bond acceptors (Lipinski definition) is 3. The summed E-state index contributed by atoms with van der Waals surface area (Å²) < 4.78 is 13.8. The monoisotopic (exact) mass is 342 g/mol. The highest BCUT2D eigenvalue weighted by atomic mass is 79.9. The maximum absolute atomic E-state index is 13.6. The molecule has 108 valence electrons. The van der Waals surface area contributed by atoms with Crippen LogP contribution in [0.1, 0.15) is 30.1 Å². The Morgan fingerprint density at radius 1 is 1.30 bits per heavy atom. The zero-order valence-corrected chi connectivity index (χ0v) is 12.8. The molecule has 1 heterocycles. The van der Waals surface area contributed by atoms with Crippen LogP contribution in [-0.2, 0) is 4.79 Å². The van der Waals surface area contributed by atoms with Gasteiger partial charge in [0.25, 0.3) is 11.7 Å². The quantitative estimate of drug-likeness (QED) is 0.638. The van der Waals surface area contributed by atoms with Gasteiger partial charge in [0.15, 0.2) is 0 Å². The van der Waals surface area contributed by atoms with Gasteiger partial charge in [0.05, 0.1) is 15.7 Å². The highest BCUT2D eigenvalue weighted by Crippen LogP contribution is 2.33. The number of rotatable bonds is 6. The van der Waals surface area contributed by atoms with Gasteiger partial charge in [0.2, 0.25) is 0 Å². The van der Waals surface area contributed by atoms with Crippen LogP contribution in [0.3, 0.4) is 0 Å². The summed E-state index contributed by atoms with van der Waals surface area (Å²) in [5.41, 5.74) is 0.640. The van der Waals surface area contributed by atoms with Crippen LogP contribution in [0.2, 0.25) is 0 Å². The fraction of sp³-hybridized carbons (Fsp3) is 0.429. The number of ketones is 1. The van der Waals surface area contributed by atoms with E-state index in [-0.39, 0.29) is 10.0 Å². The van der Waals surface area contributed by atoms with E-state index in [0.717, 1.165) is 25.9 Å². The maximum Gasteiger partial charge on any atom is 0.299 e. The molecule has 1 N–H and O–H groups in total. The Labute approximate surface area is 125 Å². The molecule has 0 fully saturated rings. The van der Waals surface area contributed by atoms with Crippen LogP contribution in [-0.4, -0.2) is 31.3 Å². The number of anilines is 1. The predicted octanol–water partition coefficient (Wildman–Crippen LogP) is 2.51. The van der Waals surface area contributed by atoms with E-state index in [9.17, 15) is 14.0 Å². The van der Waals surface area contributed by atoms with Crippen molar-refractivity contribution in [1.29, 1.82) is 0 Å². The minimum Gasteiger partial charge on any atom is -0.317 e. The molecule has 20 heavy (non-hydrogen) atoms. The van der Waals surface area contributed by atoms with Gasteiger partial charge in [0.1, 0.15) is 5.82 Å². The number of hydrogen-bond donors (Lipinski definition) is 1. The van der Waals surface area contributed by atoms with Crippen LogP contribution >= 0.6 is 15.9 Å². The molecule has 2 rings (SSSR count). The number of benzene rings is 1. The van der Waals surface area contributed by atoms with Crippen molar-refractivity contribution < 1.29 is 14.0 Å². The molecule has 1 aliphatic heterocycles. The van der Waals surface area contributed by atoms with Crippen LogP contribution in [0.25, 0.3) is 0 Å². The van der Waals surface area contributed by atoms with Gasteiger partial charge in [0, 0.05) is 6.54 Å². The molecule has 1 aromatic rings. The second-order valence-electron chi connectivity index (χ2n) is 4.67.